The zero-order chi connectivity index (χ0) is 17.0. The van der Waals surface area contributed by atoms with E-state index >= 15 is 0 Å². The summed E-state index contributed by atoms with van der Waals surface area (Å²) in [5.74, 6) is 1.80. The van der Waals surface area contributed by atoms with Crippen LogP contribution in [0.25, 0.3) is 0 Å². The van der Waals surface area contributed by atoms with Crippen LogP contribution in [0, 0.1) is 0 Å². The summed E-state index contributed by atoms with van der Waals surface area (Å²) in [6, 6.07) is 8.11. The van der Waals surface area contributed by atoms with Crippen molar-refractivity contribution < 1.29 is 4.74 Å². The van der Waals surface area contributed by atoms with E-state index in [0.29, 0.717) is 13.2 Å². The zero-order valence-corrected chi connectivity index (χ0v) is 17.9. The summed E-state index contributed by atoms with van der Waals surface area (Å²) in [7, 11) is 0. The van der Waals surface area contributed by atoms with Gasteiger partial charge in [-0.25, -0.2) is 4.99 Å². The van der Waals surface area contributed by atoms with Crippen LogP contribution in [0.1, 0.15) is 38.7 Å². The number of aliphatic imine (C=N–C) groups is 1. The van der Waals surface area contributed by atoms with Gasteiger partial charge in [0.2, 0.25) is 0 Å². The van der Waals surface area contributed by atoms with E-state index < -0.39 is 0 Å². The maximum absolute atomic E-state index is 5.67. The molecule has 1 aliphatic rings. The van der Waals surface area contributed by atoms with Crippen molar-refractivity contribution in [3.63, 3.8) is 0 Å². The second kappa shape index (κ2) is 13.2. The molecule has 0 bridgehead atoms. The Bertz CT molecular complexity index is 504. The number of piperidine rings is 1. The third-order valence-electron chi connectivity index (χ3n) is 4.19. The first kappa shape index (κ1) is 22.0. The lowest BCUT2D eigenvalue weighted by Crippen LogP contribution is -2.42. The largest absolute Gasteiger partial charge is 0.494 e. The van der Waals surface area contributed by atoms with Gasteiger partial charge in [0.25, 0.3) is 0 Å². The number of nitrogens with one attached hydrogen (secondary N) is 2. The number of ether oxygens (including phenoxy) is 1. The van der Waals surface area contributed by atoms with Gasteiger partial charge in [-0.2, -0.15) is 0 Å². The van der Waals surface area contributed by atoms with Crippen LogP contribution in [-0.4, -0.2) is 50.2 Å². The highest BCUT2D eigenvalue weighted by atomic mass is 127. The Hall–Kier alpha value is -1.02. The Labute approximate surface area is 169 Å². The molecule has 0 unspecified atom stereocenters. The smallest absolute Gasteiger partial charge is 0.191 e. The van der Waals surface area contributed by atoms with Gasteiger partial charge in [0.15, 0.2) is 5.96 Å². The second-order valence-corrected chi connectivity index (χ2v) is 6.06. The van der Waals surface area contributed by atoms with Crippen LogP contribution in [0.15, 0.2) is 29.3 Å². The van der Waals surface area contributed by atoms with Crippen LogP contribution in [0.2, 0.25) is 0 Å². The molecule has 1 aliphatic heterocycles. The first-order valence-electron chi connectivity index (χ1n) is 9.28. The number of benzene rings is 1. The molecule has 2 rings (SSSR count). The summed E-state index contributed by atoms with van der Waals surface area (Å²) in [6.45, 7) is 10.7. The molecule has 1 fully saturated rings. The number of hydrogen-bond donors (Lipinski definition) is 2. The lowest BCUT2D eigenvalue weighted by atomic mass is 10.1. The van der Waals surface area contributed by atoms with Crippen molar-refractivity contribution in [1.82, 2.24) is 15.5 Å². The Morgan fingerprint density at radius 1 is 1.12 bits per heavy atom. The van der Waals surface area contributed by atoms with E-state index in [1.165, 1.54) is 32.4 Å². The van der Waals surface area contributed by atoms with Crippen LogP contribution >= 0.6 is 24.0 Å². The number of hydrogen-bond acceptors (Lipinski definition) is 3. The molecule has 25 heavy (non-hydrogen) atoms. The molecule has 6 heteroatoms. The summed E-state index contributed by atoms with van der Waals surface area (Å²) < 4.78 is 5.67. The molecule has 1 heterocycles. The summed E-state index contributed by atoms with van der Waals surface area (Å²) in [4.78, 5) is 7.24. The van der Waals surface area contributed by atoms with E-state index in [9.17, 15) is 0 Å². The van der Waals surface area contributed by atoms with Gasteiger partial charge >= 0.3 is 0 Å². The van der Waals surface area contributed by atoms with Crippen molar-refractivity contribution in [2.45, 2.75) is 39.7 Å². The fourth-order valence-electron chi connectivity index (χ4n) is 2.95. The standard InChI is InChI=1S/C19H32N4O.HI/c1-3-20-19(21-12-15-23-13-8-5-9-14-23)22-16-17-10-6-7-11-18(17)24-4-2;/h6-7,10-11H,3-5,8-9,12-16H2,1-2H3,(H2,20,21,22);1H. The molecular formula is C19H33IN4O. The highest BCUT2D eigenvalue weighted by Crippen LogP contribution is 2.18. The fourth-order valence-corrected chi connectivity index (χ4v) is 2.95. The second-order valence-electron chi connectivity index (χ2n) is 6.06. The zero-order valence-electron chi connectivity index (χ0n) is 15.6. The topological polar surface area (TPSA) is 48.9 Å². The molecule has 0 radical (unpaired) electrons. The van der Waals surface area contributed by atoms with Gasteiger partial charge in [-0.05, 0) is 45.8 Å². The Balaban J connectivity index is 0.00000312. The number of rotatable bonds is 8. The van der Waals surface area contributed by atoms with Crippen molar-refractivity contribution in [1.29, 1.82) is 0 Å². The first-order valence-corrected chi connectivity index (χ1v) is 9.28. The number of para-hydroxylation sites is 1. The first-order chi connectivity index (χ1) is 11.8. The van der Waals surface area contributed by atoms with Crippen LogP contribution < -0.4 is 15.4 Å². The van der Waals surface area contributed by atoms with Gasteiger partial charge in [0, 0.05) is 25.2 Å². The van der Waals surface area contributed by atoms with Crippen LogP contribution in [0.3, 0.4) is 0 Å². The average molecular weight is 460 g/mol. The predicted molar refractivity (Wildman–Crippen MR) is 116 cm³/mol. The summed E-state index contributed by atoms with van der Waals surface area (Å²) in [6.07, 6.45) is 4.05. The highest BCUT2D eigenvalue weighted by molar-refractivity contribution is 14.0. The minimum absolute atomic E-state index is 0. The predicted octanol–water partition coefficient (Wildman–Crippen LogP) is 3.24. The molecule has 5 nitrogen and oxygen atoms in total. The van der Waals surface area contributed by atoms with Crippen LogP contribution in [-0.2, 0) is 6.54 Å². The van der Waals surface area contributed by atoms with Crippen molar-refractivity contribution in [3.8, 4) is 5.75 Å². The monoisotopic (exact) mass is 460 g/mol. The van der Waals surface area contributed by atoms with Crippen LogP contribution in [0.5, 0.6) is 5.75 Å². The third-order valence-corrected chi connectivity index (χ3v) is 4.19. The Kier molecular flexibility index (Phi) is 11.6. The number of nitrogens with zero attached hydrogens (tertiary/aromatic N) is 2. The molecule has 1 aromatic rings. The molecule has 0 aromatic heterocycles. The maximum Gasteiger partial charge on any atom is 0.191 e. The fraction of sp³-hybridized carbons (Fsp3) is 0.632. The van der Waals surface area contributed by atoms with Crippen molar-refractivity contribution >= 4 is 29.9 Å². The molecule has 0 atom stereocenters. The maximum atomic E-state index is 5.67. The summed E-state index contributed by atoms with van der Waals surface area (Å²) in [5.41, 5.74) is 1.12. The van der Waals surface area contributed by atoms with Gasteiger partial charge < -0.3 is 20.3 Å². The Morgan fingerprint density at radius 3 is 2.60 bits per heavy atom. The minimum atomic E-state index is 0. The molecule has 0 aliphatic carbocycles. The SMILES string of the molecule is CCNC(=NCc1ccccc1OCC)NCCN1CCCCC1.I. The van der Waals surface area contributed by atoms with E-state index in [-0.39, 0.29) is 24.0 Å². The van der Waals surface area contributed by atoms with Gasteiger partial charge in [-0.15, -0.1) is 24.0 Å². The Morgan fingerprint density at radius 2 is 1.88 bits per heavy atom. The van der Waals surface area contributed by atoms with Gasteiger partial charge in [0.05, 0.1) is 13.2 Å². The van der Waals surface area contributed by atoms with E-state index in [2.05, 4.69) is 28.5 Å². The van der Waals surface area contributed by atoms with Crippen molar-refractivity contribution in [3.05, 3.63) is 29.8 Å². The molecule has 1 saturated heterocycles. The molecular weight excluding hydrogens is 427 g/mol. The van der Waals surface area contributed by atoms with E-state index in [1.54, 1.807) is 0 Å². The lowest BCUT2D eigenvalue weighted by molar-refractivity contribution is 0.232. The van der Waals surface area contributed by atoms with Gasteiger partial charge in [0.1, 0.15) is 5.75 Å². The summed E-state index contributed by atoms with van der Waals surface area (Å²) >= 11 is 0. The number of likely N-dealkylation sites (tertiary alicyclic amines) is 1. The minimum Gasteiger partial charge on any atom is -0.494 e. The summed E-state index contributed by atoms with van der Waals surface area (Å²) in [5, 5.41) is 6.77. The van der Waals surface area contributed by atoms with Crippen molar-refractivity contribution in [2.75, 3.05) is 39.3 Å². The average Bonchev–Trinajstić information content (AvgIpc) is 2.62. The lowest BCUT2D eigenvalue weighted by Gasteiger charge is -2.26. The van der Waals surface area contributed by atoms with E-state index in [0.717, 1.165) is 36.9 Å². The molecule has 2 N–H and O–H groups in total. The quantitative estimate of drug-likeness (QED) is 0.355. The van der Waals surface area contributed by atoms with Gasteiger partial charge in [-0.3, -0.25) is 0 Å². The highest BCUT2D eigenvalue weighted by Gasteiger charge is 2.09. The van der Waals surface area contributed by atoms with Gasteiger partial charge in [-0.1, -0.05) is 24.6 Å². The molecule has 0 saturated carbocycles. The number of halogens is 1. The molecule has 1 aromatic carbocycles. The molecule has 142 valence electrons. The van der Waals surface area contributed by atoms with E-state index in [1.807, 2.05) is 25.1 Å². The van der Waals surface area contributed by atoms with Crippen molar-refractivity contribution in [2.24, 2.45) is 4.99 Å². The normalized spacial score (nSPS) is 15.4. The third kappa shape index (κ3) is 8.27. The van der Waals surface area contributed by atoms with Crippen LogP contribution in [0.4, 0.5) is 0 Å². The molecule has 0 amide bonds. The van der Waals surface area contributed by atoms with E-state index in [4.69, 9.17) is 9.73 Å². The number of guanidine groups is 1. The molecule has 0 spiro atoms.